The standard InChI is InChI=1S/C13H17N3O3S/c1-14-13(17)10-2-3-12(16(18)19)11(6-10)15-7-9-4-5-20-8-9/h2-3,6,9,15H,4-5,7-8H2,1H3,(H,14,17). The summed E-state index contributed by atoms with van der Waals surface area (Å²) in [6.45, 7) is 0.699. The molecule has 1 heterocycles. The number of hydrogen-bond acceptors (Lipinski definition) is 5. The number of nitrogens with zero attached hydrogens (tertiary/aromatic N) is 1. The van der Waals surface area contributed by atoms with Crippen LogP contribution in [-0.4, -0.2) is 35.9 Å². The summed E-state index contributed by atoms with van der Waals surface area (Å²) in [4.78, 5) is 22.2. The predicted octanol–water partition coefficient (Wildman–Crippen LogP) is 2.12. The molecule has 1 aliphatic rings. The average Bonchev–Trinajstić information content (AvgIpc) is 2.97. The van der Waals surface area contributed by atoms with Gasteiger partial charge in [0.15, 0.2) is 0 Å². The van der Waals surface area contributed by atoms with Crippen LogP contribution in [0.1, 0.15) is 16.8 Å². The number of carbonyl (C=O) groups excluding carboxylic acids is 1. The lowest BCUT2D eigenvalue weighted by Crippen LogP contribution is -2.19. The first-order valence-corrected chi connectivity index (χ1v) is 7.59. The zero-order valence-corrected chi connectivity index (χ0v) is 12.0. The molecule has 2 rings (SSSR count). The van der Waals surface area contributed by atoms with Crippen molar-refractivity contribution in [1.29, 1.82) is 0 Å². The first kappa shape index (κ1) is 14.6. The zero-order chi connectivity index (χ0) is 14.5. The topological polar surface area (TPSA) is 84.3 Å². The summed E-state index contributed by atoms with van der Waals surface area (Å²) in [5.41, 5.74) is 0.831. The molecule has 0 radical (unpaired) electrons. The van der Waals surface area contributed by atoms with E-state index in [2.05, 4.69) is 10.6 Å². The lowest BCUT2D eigenvalue weighted by molar-refractivity contribution is -0.384. The number of anilines is 1. The Kier molecular flexibility index (Phi) is 4.84. The Morgan fingerprint density at radius 2 is 2.35 bits per heavy atom. The molecule has 0 aliphatic carbocycles. The van der Waals surface area contributed by atoms with E-state index in [1.54, 1.807) is 6.07 Å². The van der Waals surface area contributed by atoms with Gasteiger partial charge in [0.05, 0.1) is 4.92 Å². The highest BCUT2D eigenvalue weighted by Gasteiger charge is 2.19. The Labute approximate surface area is 121 Å². The molecule has 108 valence electrons. The number of nitro groups is 1. The highest BCUT2D eigenvalue weighted by Crippen LogP contribution is 2.28. The molecule has 0 aromatic heterocycles. The van der Waals surface area contributed by atoms with Crippen LogP contribution in [0.3, 0.4) is 0 Å². The summed E-state index contributed by atoms with van der Waals surface area (Å²) in [5, 5.41) is 16.7. The highest BCUT2D eigenvalue weighted by atomic mass is 32.2. The molecule has 7 heteroatoms. The van der Waals surface area contributed by atoms with Crippen LogP contribution in [0, 0.1) is 16.0 Å². The highest BCUT2D eigenvalue weighted by molar-refractivity contribution is 7.99. The number of amides is 1. The van der Waals surface area contributed by atoms with E-state index in [1.165, 1.54) is 19.2 Å². The number of hydrogen-bond donors (Lipinski definition) is 2. The Morgan fingerprint density at radius 1 is 1.55 bits per heavy atom. The van der Waals surface area contributed by atoms with Gasteiger partial charge in [-0.15, -0.1) is 0 Å². The molecule has 1 aromatic rings. The molecule has 6 nitrogen and oxygen atoms in total. The number of rotatable bonds is 5. The molecule has 1 fully saturated rings. The fourth-order valence-corrected chi connectivity index (χ4v) is 3.41. The van der Waals surface area contributed by atoms with Crippen LogP contribution in [0.15, 0.2) is 18.2 Å². The van der Waals surface area contributed by atoms with Gasteiger partial charge in [0.1, 0.15) is 5.69 Å². The van der Waals surface area contributed by atoms with E-state index in [1.807, 2.05) is 11.8 Å². The van der Waals surface area contributed by atoms with Crippen LogP contribution in [0.4, 0.5) is 11.4 Å². The van der Waals surface area contributed by atoms with Crippen molar-refractivity contribution in [2.24, 2.45) is 5.92 Å². The van der Waals surface area contributed by atoms with E-state index >= 15 is 0 Å². The molecule has 1 amide bonds. The summed E-state index contributed by atoms with van der Waals surface area (Å²) >= 11 is 1.90. The average molecular weight is 295 g/mol. The van der Waals surface area contributed by atoms with Crippen molar-refractivity contribution in [3.8, 4) is 0 Å². The third-order valence-electron chi connectivity index (χ3n) is 3.29. The van der Waals surface area contributed by atoms with E-state index < -0.39 is 4.92 Å². The van der Waals surface area contributed by atoms with Crippen molar-refractivity contribution in [2.75, 3.05) is 30.4 Å². The van der Waals surface area contributed by atoms with E-state index in [0.29, 0.717) is 23.7 Å². The fourth-order valence-electron chi connectivity index (χ4n) is 2.12. The lowest BCUT2D eigenvalue weighted by atomic mass is 10.1. The Balaban J connectivity index is 2.17. The molecule has 1 unspecified atom stereocenters. The Morgan fingerprint density at radius 3 is 2.95 bits per heavy atom. The molecular weight excluding hydrogens is 278 g/mol. The molecule has 2 N–H and O–H groups in total. The second kappa shape index (κ2) is 6.60. The van der Waals surface area contributed by atoms with E-state index in [4.69, 9.17) is 0 Å². The molecule has 1 saturated heterocycles. The van der Waals surface area contributed by atoms with Gasteiger partial charge in [-0.1, -0.05) is 0 Å². The summed E-state index contributed by atoms with van der Waals surface area (Å²) in [6.07, 6.45) is 1.13. The largest absolute Gasteiger partial charge is 0.379 e. The minimum Gasteiger partial charge on any atom is -0.379 e. The third kappa shape index (κ3) is 3.41. The summed E-state index contributed by atoms with van der Waals surface area (Å²) in [7, 11) is 1.53. The maximum atomic E-state index is 11.6. The van der Waals surface area contributed by atoms with Gasteiger partial charge in [0, 0.05) is 25.2 Å². The Hall–Kier alpha value is -1.76. The quantitative estimate of drug-likeness (QED) is 0.642. The van der Waals surface area contributed by atoms with Gasteiger partial charge in [-0.2, -0.15) is 11.8 Å². The van der Waals surface area contributed by atoms with Crippen molar-refractivity contribution in [3.63, 3.8) is 0 Å². The molecule has 0 saturated carbocycles. The van der Waals surface area contributed by atoms with Gasteiger partial charge in [0.25, 0.3) is 11.6 Å². The van der Waals surface area contributed by atoms with Gasteiger partial charge < -0.3 is 10.6 Å². The number of benzene rings is 1. The predicted molar refractivity (Wildman–Crippen MR) is 80.4 cm³/mol. The Bertz CT molecular complexity index is 516. The van der Waals surface area contributed by atoms with Gasteiger partial charge in [-0.3, -0.25) is 14.9 Å². The molecule has 1 aliphatic heterocycles. The maximum Gasteiger partial charge on any atom is 0.292 e. The molecule has 1 aromatic carbocycles. The van der Waals surface area contributed by atoms with Crippen LogP contribution in [0.25, 0.3) is 0 Å². The maximum absolute atomic E-state index is 11.6. The van der Waals surface area contributed by atoms with Gasteiger partial charge in [-0.05, 0) is 36.0 Å². The van der Waals surface area contributed by atoms with Gasteiger partial charge in [0.2, 0.25) is 0 Å². The van der Waals surface area contributed by atoms with Crippen molar-refractivity contribution in [2.45, 2.75) is 6.42 Å². The number of carbonyl (C=O) groups is 1. The molecule has 20 heavy (non-hydrogen) atoms. The minimum atomic E-state index is -0.431. The van der Waals surface area contributed by atoms with Crippen LogP contribution in [0.2, 0.25) is 0 Å². The monoisotopic (exact) mass is 295 g/mol. The van der Waals surface area contributed by atoms with Crippen molar-refractivity contribution in [3.05, 3.63) is 33.9 Å². The molecule has 0 bridgehead atoms. The fraction of sp³-hybridized carbons (Fsp3) is 0.462. The first-order valence-electron chi connectivity index (χ1n) is 6.44. The van der Waals surface area contributed by atoms with E-state index in [-0.39, 0.29) is 11.6 Å². The molecule has 1 atom stereocenters. The smallest absolute Gasteiger partial charge is 0.292 e. The van der Waals surface area contributed by atoms with Crippen LogP contribution in [-0.2, 0) is 0 Å². The van der Waals surface area contributed by atoms with Crippen LogP contribution in [0.5, 0.6) is 0 Å². The van der Waals surface area contributed by atoms with E-state index in [9.17, 15) is 14.9 Å². The second-order valence-corrected chi connectivity index (χ2v) is 5.83. The van der Waals surface area contributed by atoms with Crippen LogP contribution >= 0.6 is 11.8 Å². The minimum absolute atomic E-state index is 0.00306. The van der Waals surface area contributed by atoms with Crippen molar-refractivity contribution < 1.29 is 9.72 Å². The molecular formula is C13H17N3O3S. The van der Waals surface area contributed by atoms with Crippen LogP contribution < -0.4 is 10.6 Å². The zero-order valence-electron chi connectivity index (χ0n) is 11.2. The number of nitro benzene ring substituents is 1. The second-order valence-electron chi connectivity index (χ2n) is 4.68. The van der Waals surface area contributed by atoms with E-state index in [0.717, 1.165) is 17.9 Å². The van der Waals surface area contributed by atoms with Crippen molar-refractivity contribution >= 4 is 29.0 Å². The van der Waals surface area contributed by atoms with Crippen molar-refractivity contribution in [1.82, 2.24) is 5.32 Å². The third-order valence-corrected chi connectivity index (χ3v) is 4.52. The number of thioether (sulfide) groups is 1. The SMILES string of the molecule is CNC(=O)c1ccc([N+](=O)[O-])c(NCC2CCSC2)c1. The van der Waals surface area contributed by atoms with Gasteiger partial charge in [-0.25, -0.2) is 0 Å². The molecule has 0 spiro atoms. The number of nitrogens with one attached hydrogen (secondary N) is 2. The normalized spacial score (nSPS) is 17.8. The summed E-state index contributed by atoms with van der Waals surface area (Å²) in [5.74, 6) is 2.51. The first-order chi connectivity index (χ1) is 9.61. The summed E-state index contributed by atoms with van der Waals surface area (Å²) < 4.78 is 0. The van der Waals surface area contributed by atoms with Gasteiger partial charge >= 0.3 is 0 Å². The summed E-state index contributed by atoms with van der Waals surface area (Å²) in [6, 6.07) is 4.38. The lowest BCUT2D eigenvalue weighted by Gasteiger charge is -2.12.